The maximum absolute atomic E-state index is 4.11. The molecule has 20 heavy (non-hydrogen) atoms. The van der Waals surface area contributed by atoms with E-state index in [1.54, 1.807) is 22.3 Å². The van der Waals surface area contributed by atoms with Gasteiger partial charge in [-0.15, -0.1) is 16.4 Å². The Labute approximate surface area is 120 Å². The molecule has 3 aromatic rings. The topological polar surface area (TPSA) is 68.5 Å². The van der Waals surface area contributed by atoms with Crippen LogP contribution in [0.4, 0.5) is 5.69 Å². The molecule has 6 nitrogen and oxygen atoms in total. The SMILES string of the molecule is Cc1ccc(NC(C)c2cncs2)cc1-n1cnnn1. The third-order valence-corrected chi connectivity index (χ3v) is 4.02. The molecule has 1 atom stereocenters. The van der Waals surface area contributed by atoms with Crippen LogP contribution in [0, 0.1) is 6.92 Å². The summed E-state index contributed by atoms with van der Waals surface area (Å²) in [6.07, 6.45) is 3.48. The molecule has 0 amide bonds. The lowest BCUT2D eigenvalue weighted by molar-refractivity contribution is 0.785. The van der Waals surface area contributed by atoms with Gasteiger partial charge in [0.25, 0.3) is 0 Å². The molecule has 1 N–H and O–H groups in total. The van der Waals surface area contributed by atoms with E-state index in [0.717, 1.165) is 16.9 Å². The smallest absolute Gasteiger partial charge is 0.143 e. The summed E-state index contributed by atoms with van der Waals surface area (Å²) in [5.74, 6) is 0. The molecule has 7 heteroatoms. The minimum Gasteiger partial charge on any atom is -0.378 e. The number of rotatable bonds is 4. The zero-order valence-corrected chi connectivity index (χ0v) is 12.0. The van der Waals surface area contributed by atoms with E-state index in [9.17, 15) is 0 Å². The maximum atomic E-state index is 4.11. The van der Waals surface area contributed by atoms with Crippen LogP contribution in [0.15, 0.2) is 36.2 Å². The molecule has 1 aromatic carbocycles. The number of hydrogen-bond acceptors (Lipinski definition) is 6. The second kappa shape index (κ2) is 5.38. The Bertz CT molecular complexity index is 677. The molecule has 0 aliphatic carbocycles. The molecule has 0 aliphatic rings. The van der Waals surface area contributed by atoms with Gasteiger partial charge in [0.15, 0.2) is 0 Å². The number of thiazole rings is 1. The predicted molar refractivity (Wildman–Crippen MR) is 78.0 cm³/mol. The number of nitrogens with one attached hydrogen (secondary N) is 1. The van der Waals surface area contributed by atoms with Gasteiger partial charge in [0.05, 0.1) is 17.2 Å². The Morgan fingerprint density at radius 1 is 1.35 bits per heavy atom. The van der Waals surface area contributed by atoms with Crippen LogP contribution in [0.1, 0.15) is 23.4 Å². The van der Waals surface area contributed by atoms with Crippen LogP contribution < -0.4 is 5.32 Å². The fourth-order valence-electron chi connectivity index (χ4n) is 1.98. The Morgan fingerprint density at radius 2 is 2.25 bits per heavy atom. The third kappa shape index (κ3) is 2.53. The molecule has 3 rings (SSSR count). The van der Waals surface area contributed by atoms with Crippen LogP contribution in [-0.4, -0.2) is 25.2 Å². The summed E-state index contributed by atoms with van der Waals surface area (Å²) in [7, 11) is 0. The highest BCUT2D eigenvalue weighted by Gasteiger charge is 2.09. The van der Waals surface area contributed by atoms with Crippen LogP contribution in [0.25, 0.3) is 5.69 Å². The summed E-state index contributed by atoms with van der Waals surface area (Å²) in [5, 5.41) is 14.8. The lowest BCUT2D eigenvalue weighted by atomic mass is 10.1. The van der Waals surface area contributed by atoms with Crippen molar-refractivity contribution in [1.82, 2.24) is 25.2 Å². The molecule has 0 saturated carbocycles. The number of aryl methyl sites for hydroxylation is 1. The number of anilines is 1. The van der Waals surface area contributed by atoms with Gasteiger partial charge in [-0.2, -0.15) is 0 Å². The van der Waals surface area contributed by atoms with E-state index in [0.29, 0.717) is 0 Å². The number of benzene rings is 1. The Kier molecular flexibility index (Phi) is 3.42. The van der Waals surface area contributed by atoms with Crippen molar-refractivity contribution in [3.63, 3.8) is 0 Å². The van der Waals surface area contributed by atoms with Crippen LogP contribution in [-0.2, 0) is 0 Å². The number of nitrogens with zero attached hydrogens (tertiary/aromatic N) is 5. The van der Waals surface area contributed by atoms with Gasteiger partial charge in [0.1, 0.15) is 6.33 Å². The highest BCUT2D eigenvalue weighted by atomic mass is 32.1. The average molecular weight is 286 g/mol. The summed E-state index contributed by atoms with van der Waals surface area (Å²) >= 11 is 1.64. The van der Waals surface area contributed by atoms with Gasteiger partial charge < -0.3 is 5.32 Å². The fourth-order valence-corrected chi connectivity index (χ4v) is 2.61. The van der Waals surface area contributed by atoms with Crippen molar-refractivity contribution < 1.29 is 0 Å². The average Bonchev–Trinajstić information content (AvgIpc) is 3.14. The van der Waals surface area contributed by atoms with Crippen molar-refractivity contribution in [1.29, 1.82) is 0 Å². The van der Waals surface area contributed by atoms with E-state index < -0.39 is 0 Å². The minimum atomic E-state index is 0.215. The Balaban J connectivity index is 1.86. The molecule has 0 spiro atoms. The van der Waals surface area contributed by atoms with Crippen molar-refractivity contribution in [2.24, 2.45) is 0 Å². The van der Waals surface area contributed by atoms with E-state index >= 15 is 0 Å². The van der Waals surface area contributed by atoms with Crippen molar-refractivity contribution >= 4 is 17.0 Å². The molecule has 102 valence electrons. The van der Waals surface area contributed by atoms with Crippen LogP contribution >= 0.6 is 11.3 Å². The van der Waals surface area contributed by atoms with E-state index in [2.05, 4.69) is 44.9 Å². The molecule has 2 heterocycles. The fraction of sp³-hybridized carbons (Fsp3) is 0.231. The molecule has 0 fully saturated rings. The molecular weight excluding hydrogens is 272 g/mol. The van der Waals surface area contributed by atoms with Crippen molar-refractivity contribution in [3.8, 4) is 5.69 Å². The van der Waals surface area contributed by atoms with E-state index in [1.807, 2.05) is 24.7 Å². The van der Waals surface area contributed by atoms with Crippen LogP contribution in [0.2, 0.25) is 0 Å². The first-order chi connectivity index (χ1) is 9.74. The largest absolute Gasteiger partial charge is 0.378 e. The first kappa shape index (κ1) is 12.7. The second-order valence-electron chi connectivity index (χ2n) is 4.53. The number of tetrazole rings is 1. The normalized spacial score (nSPS) is 12.3. The van der Waals surface area contributed by atoms with Gasteiger partial charge in [-0.1, -0.05) is 6.07 Å². The zero-order valence-electron chi connectivity index (χ0n) is 11.2. The summed E-state index contributed by atoms with van der Waals surface area (Å²) < 4.78 is 1.66. The predicted octanol–water partition coefficient (Wildman–Crippen LogP) is 2.60. The standard InChI is InChI=1S/C13H14N6S/c1-9-3-4-11(5-12(9)19-7-15-17-18-19)16-10(2)13-6-14-8-20-13/h3-8,10,16H,1-2H3. The molecule has 0 saturated heterocycles. The number of hydrogen-bond donors (Lipinski definition) is 1. The number of aromatic nitrogens is 5. The van der Waals surface area contributed by atoms with Crippen molar-refractivity contribution in [3.05, 3.63) is 46.7 Å². The van der Waals surface area contributed by atoms with Crippen LogP contribution in [0.5, 0.6) is 0 Å². The minimum absolute atomic E-state index is 0.215. The lowest BCUT2D eigenvalue weighted by Gasteiger charge is -2.15. The summed E-state index contributed by atoms with van der Waals surface area (Å²) in [6.45, 7) is 4.15. The van der Waals surface area contributed by atoms with Gasteiger partial charge in [-0.3, -0.25) is 4.98 Å². The van der Waals surface area contributed by atoms with Crippen LogP contribution in [0.3, 0.4) is 0 Å². The summed E-state index contributed by atoms with van der Waals surface area (Å²) in [5.41, 5.74) is 4.96. The van der Waals surface area contributed by atoms with Gasteiger partial charge in [0.2, 0.25) is 0 Å². The zero-order chi connectivity index (χ0) is 13.9. The van der Waals surface area contributed by atoms with Gasteiger partial charge >= 0.3 is 0 Å². The summed E-state index contributed by atoms with van der Waals surface area (Å²) in [4.78, 5) is 5.31. The van der Waals surface area contributed by atoms with Gasteiger partial charge in [0, 0.05) is 16.8 Å². The maximum Gasteiger partial charge on any atom is 0.143 e. The first-order valence-electron chi connectivity index (χ1n) is 6.23. The second-order valence-corrected chi connectivity index (χ2v) is 5.44. The molecule has 0 radical (unpaired) electrons. The highest BCUT2D eigenvalue weighted by molar-refractivity contribution is 7.09. The first-order valence-corrected chi connectivity index (χ1v) is 7.11. The van der Waals surface area contributed by atoms with Crippen molar-refractivity contribution in [2.45, 2.75) is 19.9 Å². The lowest BCUT2D eigenvalue weighted by Crippen LogP contribution is -2.06. The Morgan fingerprint density at radius 3 is 2.95 bits per heavy atom. The third-order valence-electron chi connectivity index (χ3n) is 3.07. The van der Waals surface area contributed by atoms with E-state index in [-0.39, 0.29) is 6.04 Å². The molecular formula is C13H14N6S. The molecule has 1 unspecified atom stereocenters. The molecule has 0 bridgehead atoms. The quantitative estimate of drug-likeness (QED) is 0.798. The van der Waals surface area contributed by atoms with E-state index in [1.165, 1.54) is 4.88 Å². The van der Waals surface area contributed by atoms with E-state index in [4.69, 9.17) is 0 Å². The molecule has 0 aliphatic heterocycles. The monoisotopic (exact) mass is 286 g/mol. The highest BCUT2D eigenvalue weighted by Crippen LogP contribution is 2.24. The van der Waals surface area contributed by atoms with Crippen molar-refractivity contribution in [2.75, 3.05) is 5.32 Å². The van der Waals surface area contributed by atoms with Gasteiger partial charge in [-0.25, -0.2) is 4.68 Å². The Hall–Kier alpha value is -2.28. The summed E-state index contributed by atoms with van der Waals surface area (Å²) in [6, 6.07) is 6.37. The van der Waals surface area contributed by atoms with Gasteiger partial charge in [-0.05, 0) is 42.0 Å². The molecule has 2 aromatic heterocycles.